The summed E-state index contributed by atoms with van der Waals surface area (Å²) in [4.78, 5) is 26.9. The van der Waals surface area contributed by atoms with Crippen molar-refractivity contribution in [2.45, 2.75) is 32.1 Å². The van der Waals surface area contributed by atoms with Gasteiger partial charge in [0.25, 0.3) is 0 Å². The van der Waals surface area contributed by atoms with Gasteiger partial charge in [-0.15, -0.1) is 0 Å². The van der Waals surface area contributed by atoms with Crippen LogP contribution in [0.4, 0.5) is 11.4 Å². The standard InChI is InChI=1S/C19H25N3O4S/c1-27(25,26)21-9-6-14(7-10-21)18(23)20-16-5-4-13-8-11-22(17(13)12-16)19(24)15-2-3-15/h4-5,12,14-15H,2-3,6-11H2,1H3,(H,20,23). The molecule has 2 fully saturated rings. The van der Waals surface area contributed by atoms with E-state index in [9.17, 15) is 18.0 Å². The zero-order chi connectivity index (χ0) is 19.2. The molecule has 0 spiro atoms. The summed E-state index contributed by atoms with van der Waals surface area (Å²) in [5.74, 6) is 0.0984. The molecule has 0 atom stereocenters. The summed E-state index contributed by atoms with van der Waals surface area (Å²) in [5.41, 5.74) is 2.75. The second kappa shape index (κ2) is 6.91. The lowest BCUT2D eigenvalue weighted by atomic mass is 9.97. The van der Waals surface area contributed by atoms with E-state index in [1.54, 1.807) is 0 Å². The molecule has 1 aromatic carbocycles. The Hall–Kier alpha value is -1.93. The van der Waals surface area contributed by atoms with E-state index in [0.717, 1.165) is 30.5 Å². The zero-order valence-electron chi connectivity index (χ0n) is 15.5. The third-order valence-corrected chi connectivity index (χ3v) is 7.04. The molecule has 0 radical (unpaired) electrons. The Labute approximate surface area is 159 Å². The number of nitrogens with one attached hydrogen (secondary N) is 1. The minimum atomic E-state index is -3.19. The number of hydrogen-bond donors (Lipinski definition) is 1. The second-order valence-electron chi connectivity index (χ2n) is 7.78. The van der Waals surface area contributed by atoms with Crippen molar-refractivity contribution in [2.24, 2.45) is 11.8 Å². The van der Waals surface area contributed by atoms with Gasteiger partial charge in [0, 0.05) is 42.8 Å². The van der Waals surface area contributed by atoms with Gasteiger partial charge in [-0.3, -0.25) is 9.59 Å². The molecule has 146 valence electrons. The quantitative estimate of drug-likeness (QED) is 0.845. The fraction of sp³-hybridized carbons (Fsp3) is 0.579. The van der Waals surface area contributed by atoms with Gasteiger partial charge >= 0.3 is 0 Å². The van der Waals surface area contributed by atoms with Gasteiger partial charge < -0.3 is 10.2 Å². The number of benzene rings is 1. The summed E-state index contributed by atoms with van der Waals surface area (Å²) in [6, 6.07) is 5.76. The molecule has 1 saturated heterocycles. The second-order valence-corrected chi connectivity index (χ2v) is 9.77. The molecule has 0 aromatic heterocycles. The Morgan fingerprint density at radius 1 is 1.04 bits per heavy atom. The maximum absolute atomic E-state index is 12.6. The Balaban J connectivity index is 1.41. The van der Waals surface area contributed by atoms with E-state index in [0.29, 0.717) is 38.2 Å². The highest BCUT2D eigenvalue weighted by Crippen LogP contribution is 2.37. The number of piperidine rings is 1. The molecule has 2 amide bonds. The third-order valence-electron chi connectivity index (χ3n) is 5.73. The van der Waals surface area contributed by atoms with E-state index >= 15 is 0 Å². The summed E-state index contributed by atoms with van der Waals surface area (Å²) in [6.45, 7) is 1.47. The van der Waals surface area contributed by atoms with E-state index in [1.807, 2.05) is 23.1 Å². The smallest absolute Gasteiger partial charge is 0.230 e. The first-order chi connectivity index (χ1) is 12.8. The maximum atomic E-state index is 12.6. The van der Waals surface area contributed by atoms with Crippen LogP contribution in [0.3, 0.4) is 0 Å². The number of carbonyl (C=O) groups is 2. The number of fused-ring (bicyclic) bond motifs is 1. The number of sulfonamides is 1. The summed E-state index contributed by atoms with van der Waals surface area (Å²) in [6.07, 6.45) is 5.06. The van der Waals surface area contributed by atoms with Gasteiger partial charge in [-0.2, -0.15) is 0 Å². The van der Waals surface area contributed by atoms with Crippen molar-refractivity contribution in [3.63, 3.8) is 0 Å². The lowest BCUT2D eigenvalue weighted by molar-refractivity contribution is -0.121. The van der Waals surface area contributed by atoms with Crippen LogP contribution in [0.15, 0.2) is 18.2 Å². The molecule has 27 heavy (non-hydrogen) atoms. The Morgan fingerprint density at radius 3 is 2.37 bits per heavy atom. The van der Waals surface area contributed by atoms with Crippen LogP contribution < -0.4 is 10.2 Å². The molecule has 2 aliphatic heterocycles. The molecule has 1 aliphatic carbocycles. The molecule has 1 aromatic rings. The average molecular weight is 391 g/mol. The van der Waals surface area contributed by atoms with E-state index in [-0.39, 0.29) is 23.7 Å². The number of hydrogen-bond acceptors (Lipinski definition) is 4. The van der Waals surface area contributed by atoms with Crippen molar-refractivity contribution >= 4 is 33.2 Å². The Morgan fingerprint density at radius 2 is 1.74 bits per heavy atom. The molecule has 1 saturated carbocycles. The molecule has 0 unspecified atom stereocenters. The normalized spacial score (nSPS) is 21.1. The number of rotatable bonds is 4. The van der Waals surface area contributed by atoms with Crippen LogP contribution in [0.1, 0.15) is 31.2 Å². The van der Waals surface area contributed by atoms with E-state index in [1.165, 1.54) is 10.6 Å². The molecule has 0 bridgehead atoms. The van der Waals surface area contributed by atoms with E-state index < -0.39 is 10.0 Å². The predicted octanol–water partition coefficient (Wildman–Crippen LogP) is 1.60. The number of anilines is 2. The van der Waals surface area contributed by atoms with Gasteiger partial charge in [0.2, 0.25) is 21.8 Å². The van der Waals surface area contributed by atoms with Gasteiger partial charge in [0.1, 0.15) is 0 Å². The highest BCUT2D eigenvalue weighted by molar-refractivity contribution is 7.88. The first kappa shape index (κ1) is 18.4. The van der Waals surface area contributed by atoms with Gasteiger partial charge in [0.05, 0.1) is 6.26 Å². The summed E-state index contributed by atoms with van der Waals surface area (Å²) >= 11 is 0. The van der Waals surface area contributed by atoms with Gasteiger partial charge in [-0.25, -0.2) is 12.7 Å². The molecule has 3 aliphatic rings. The van der Waals surface area contributed by atoms with Crippen LogP contribution in [0.2, 0.25) is 0 Å². The maximum Gasteiger partial charge on any atom is 0.230 e. The minimum Gasteiger partial charge on any atom is -0.326 e. The van der Waals surface area contributed by atoms with E-state index in [4.69, 9.17) is 0 Å². The van der Waals surface area contributed by atoms with Crippen LogP contribution in [-0.2, 0) is 26.0 Å². The summed E-state index contributed by atoms with van der Waals surface area (Å²) in [7, 11) is -3.19. The van der Waals surface area contributed by atoms with Crippen molar-refractivity contribution in [1.82, 2.24) is 4.31 Å². The molecule has 4 rings (SSSR count). The lowest BCUT2D eigenvalue weighted by Crippen LogP contribution is -2.40. The highest BCUT2D eigenvalue weighted by Gasteiger charge is 2.36. The third kappa shape index (κ3) is 3.87. The molecular formula is C19H25N3O4S. The largest absolute Gasteiger partial charge is 0.326 e. The van der Waals surface area contributed by atoms with Gasteiger partial charge in [-0.05, 0) is 49.8 Å². The predicted molar refractivity (Wildman–Crippen MR) is 103 cm³/mol. The van der Waals surface area contributed by atoms with Crippen LogP contribution in [0.5, 0.6) is 0 Å². The summed E-state index contributed by atoms with van der Waals surface area (Å²) < 4.78 is 24.6. The molecule has 8 heteroatoms. The highest BCUT2D eigenvalue weighted by atomic mass is 32.2. The van der Waals surface area contributed by atoms with Crippen molar-refractivity contribution in [2.75, 3.05) is 36.1 Å². The minimum absolute atomic E-state index is 0.0823. The first-order valence-electron chi connectivity index (χ1n) is 9.53. The average Bonchev–Trinajstić information content (AvgIpc) is 3.40. The van der Waals surface area contributed by atoms with Crippen molar-refractivity contribution in [1.29, 1.82) is 0 Å². The number of amides is 2. The first-order valence-corrected chi connectivity index (χ1v) is 11.4. The van der Waals surface area contributed by atoms with Crippen LogP contribution in [0.25, 0.3) is 0 Å². The Bertz CT molecular complexity index is 871. The van der Waals surface area contributed by atoms with Gasteiger partial charge in [0.15, 0.2) is 0 Å². The summed E-state index contributed by atoms with van der Waals surface area (Å²) in [5, 5.41) is 2.95. The fourth-order valence-corrected chi connectivity index (χ4v) is 4.80. The molecule has 1 N–H and O–H groups in total. The SMILES string of the molecule is CS(=O)(=O)N1CCC(C(=O)Nc2ccc3c(c2)N(C(=O)C2CC2)CC3)CC1. The van der Waals surface area contributed by atoms with Crippen molar-refractivity contribution in [3.8, 4) is 0 Å². The molecule has 7 nitrogen and oxygen atoms in total. The van der Waals surface area contributed by atoms with Crippen LogP contribution >= 0.6 is 0 Å². The van der Waals surface area contributed by atoms with Crippen molar-refractivity contribution < 1.29 is 18.0 Å². The molecular weight excluding hydrogens is 366 g/mol. The zero-order valence-corrected chi connectivity index (χ0v) is 16.3. The van der Waals surface area contributed by atoms with Gasteiger partial charge in [-0.1, -0.05) is 6.07 Å². The monoisotopic (exact) mass is 391 g/mol. The topological polar surface area (TPSA) is 86.8 Å². The fourth-order valence-electron chi connectivity index (χ4n) is 3.93. The lowest BCUT2D eigenvalue weighted by Gasteiger charge is -2.29. The molecule has 2 heterocycles. The van der Waals surface area contributed by atoms with Crippen molar-refractivity contribution in [3.05, 3.63) is 23.8 Å². The van der Waals surface area contributed by atoms with E-state index in [2.05, 4.69) is 5.32 Å². The number of carbonyl (C=O) groups excluding carboxylic acids is 2. The Kier molecular flexibility index (Phi) is 4.71. The number of nitrogens with zero attached hydrogens (tertiary/aromatic N) is 2. The van der Waals surface area contributed by atoms with Crippen LogP contribution in [-0.4, -0.2) is 50.4 Å². The van der Waals surface area contributed by atoms with Crippen LogP contribution in [0, 0.1) is 11.8 Å².